The second kappa shape index (κ2) is 13.0. The van der Waals surface area contributed by atoms with Crippen molar-refractivity contribution in [3.8, 4) is 17.2 Å². The number of hydrogen-bond acceptors (Lipinski definition) is 6. The Kier molecular flexibility index (Phi) is 8.73. The van der Waals surface area contributed by atoms with E-state index in [9.17, 15) is 5.26 Å². The predicted molar refractivity (Wildman–Crippen MR) is 175 cm³/mol. The minimum absolute atomic E-state index is 0.484. The highest BCUT2D eigenvalue weighted by molar-refractivity contribution is 7.99. The molecule has 0 saturated carbocycles. The van der Waals surface area contributed by atoms with Crippen LogP contribution in [-0.2, 0) is 6.54 Å². The van der Waals surface area contributed by atoms with E-state index in [0.29, 0.717) is 10.6 Å². The first-order valence-corrected chi connectivity index (χ1v) is 15.5. The molecule has 2 heterocycles. The Labute approximate surface area is 256 Å². The summed E-state index contributed by atoms with van der Waals surface area (Å²) in [6, 6.07) is 33.4. The summed E-state index contributed by atoms with van der Waals surface area (Å²) in [6.07, 6.45) is 1.64. The van der Waals surface area contributed by atoms with Gasteiger partial charge in [-0.2, -0.15) is 5.26 Å². The Morgan fingerprint density at radius 2 is 1.62 bits per heavy atom. The molecule has 1 N–H and O–H groups in total. The summed E-state index contributed by atoms with van der Waals surface area (Å²) in [4.78, 5) is 11.8. The summed E-state index contributed by atoms with van der Waals surface area (Å²) in [6.45, 7) is 8.89. The molecule has 1 aliphatic rings. The number of nitriles is 1. The van der Waals surface area contributed by atoms with Crippen LogP contribution in [0.2, 0.25) is 5.02 Å². The molecular weight excluding hydrogens is 558 g/mol. The molecular formula is C35H32ClN5S. The van der Waals surface area contributed by atoms with E-state index in [0.717, 1.165) is 82.5 Å². The van der Waals surface area contributed by atoms with Gasteiger partial charge in [-0.1, -0.05) is 84.9 Å². The summed E-state index contributed by atoms with van der Waals surface area (Å²) >= 11 is 8.28. The molecule has 7 heteroatoms. The highest BCUT2D eigenvalue weighted by Gasteiger charge is 2.16. The van der Waals surface area contributed by atoms with Crippen molar-refractivity contribution in [2.45, 2.75) is 23.3 Å². The third-order valence-electron chi connectivity index (χ3n) is 7.77. The van der Waals surface area contributed by atoms with Crippen LogP contribution >= 0.6 is 23.4 Å². The average Bonchev–Trinajstić information content (AvgIpc) is 3.03. The van der Waals surface area contributed by atoms with Gasteiger partial charge in [0.15, 0.2) is 0 Å². The number of anilines is 2. The van der Waals surface area contributed by atoms with E-state index in [1.54, 1.807) is 18.0 Å². The van der Waals surface area contributed by atoms with E-state index in [1.807, 2.05) is 42.5 Å². The first kappa shape index (κ1) is 28.3. The molecule has 0 amide bonds. The third kappa shape index (κ3) is 6.46. The normalized spacial score (nSPS) is 14.1. The van der Waals surface area contributed by atoms with Crippen LogP contribution in [0, 0.1) is 11.3 Å². The second-order valence-electron chi connectivity index (χ2n) is 10.5. The molecule has 6 rings (SSSR count). The number of halogens is 1. The Bertz CT molecular complexity index is 1730. The quantitative estimate of drug-likeness (QED) is 0.196. The average molecular weight is 590 g/mol. The lowest BCUT2D eigenvalue weighted by molar-refractivity contribution is 0.132. The molecule has 1 fully saturated rings. The summed E-state index contributed by atoms with van der Waals surface area (Å²) in [5, 5.41) is 14.8. The van der Waals surface area contributed by atoms with Gasteiger partial charge >= 0.3 is 0 Å². The van der Waals surface area contributed by atoms with Crippen molar-refractivity contribution in [2.24, 2.45) is 0 Å². The molecule has 4 aromatic carbocycles. The van der Waals surface area contributed by atoms with Crippen molar-refractivity contribution in [1.82, 2.24) is 14.8 Å². The Morgan fingerprint density at radius 3 is 2.33 bits per heavy atom. The van der Waals surface area contributed by atoms with E-state index in [2.05, 4.69) is 81.6 Å². The lowest BCUT2D eigenvalue weighted by Gasteiger charge is -2.34. The van der Waals surface area contributed by atoms with Gasteiger partial charge in [0, 0.05) is 59.8 Å². The molecule has 0 aliphatic carbocycles. The fourth-order valence-corrected chi connectivity index (χ4v) is 6.47. The number of pyridine rings is 1. The predicted octanol–water partition coefficient (Wildman–Crippen LogP) is 8.46. The van der Waals surface area contributed by atoms with E-state index < -0.39 is 0 Å². The number of benzene rings is 4. The monoisotopic (exact) mass is 589 g/mol. The molecule has 0 unspecified atom stereocenters. The van der Waals surface area contributed by atoms with Crippen LogP contribution in [0.4, 0.5) is 11.4 Å². The van der Waals surface area contributed by atoms with Gasteiger partial charge in [-0.25, -0.2) is 0 Å². The molecule has 0 radical (unpaired) electrons. The first-order chi connectivity index (χ1) is 20.6. The maximum Gasteiger partial charge on any atom is 0.103 e. The summed E-state index contributed by atoms with van der Waals surface area (Å²) in [7, 11) is 0. The molecule has 210 valence electrons. The fourth-order valence-electron chi connectivity index (χ4n) is 5.34. The molecule has 0 spiro atoms. The van der Waals surface area contributed by atoms with Crippen molar-refractivity contribution in [1.29, 1.82) is 5.26 Å². The maximum absolute atomic E-state index is 9.86. The van der Waals surface area contributed by atoms with Gasteiger partial charge in [-0.3, -0.25) is 9.88 Å². The maximum atomic E-state index is 9.86. The molecule has 1 aromatic heterocycles. The molecule has 0 bridgehead atoms. The third-order valence-corrected chi connectivity index (χ3v) is 9.28. The van der Waals surface area contributed by atoms with Crippen LogP contribution in [0.3, 0.4) is 0 Å². The number of rotatable bonds is 8. The lowest BCUT2D eigenvalue weighted by atomic mass is 10.0. The van der Waals surface area contributed by atoms with Gasteiger partial charge in [0.1, 0.15) is 6.07 Å². The van der Waals surface area contributed by atoms with Crippen LogP contribution in [0.5, 0.6) is 0 Å². The largest absolute Gasteiger partial charge is 0.354 e. The van der Waals surface area contributed by atoms with Crippen molar-refractivity contribution in [3.63, 3.8) is 0 Å². The topological polar surface area (TPSA) is 55.2 Å². The molecule has 1 aliphatic heterocycles. The Balaban J connectivity index is 1.20. The van der Waals surface area contributed by atoms with E-state index >= 15 is 0 Å². The Morgan fingerprint density at radius 1 is 0.881 bits per heavy atom. The van der Waals surface area contributed by atoms with Crippen molar-refractivity contribution in [2.75, 3.05) is 38.0 Å². The zero-order chi connectivity index (χ0) is 28.9. The lowest BCUT2D eigenvalue weighted by Crippen LogP contribution is -2.45. The Hall–Kier alpha value is -3.86. The highest BCUT2D eigenvalue weighted by Crippen LogP contribution is 2.37. The molecule has 1 saturated heterocycles. The van der Waals surface area contributed by atoms with Gasteiger partial charge in [0.2, 0.25) is 0 Å². The second-order valence-corrected chi connectivity index (χ2v) is 12.0. The zero-order valence-corrected chi connectivity index (χ0v) is 25.1. The van der Waals surface area contributed by atoms with Gasteiger partial charge in [-0.05, 0) is 59.6 Å². The summed E-state index contributed by atoms with van der Waals surface area (Å²) in [5.41, 5.74) is 6.44. The number of likely N-dealkylation sites (N-methyl/N-ethyl adjacent to an activating group) is 1. The summed E-state index contributed by atoms with van der Waals surface area (Å²) < 4.78 is 0. The minimum atomic E-state index is 0.484. The van der Waals surface area contributed by atoms with Crippen LogP contribution in [0.25, 0.3) is 22.0 Å². The molecule has 5 aromatic rings. The van der Waals surface area contributed by atoms with Gasteiger partial charge in [0.05, 0.1) is 21.8 Å². The van der Waals surface area contributed by atoms with E-state index in [1.165, 1.54) is 5.56 Å². The van der Waals surface area contributed by atoms with E-state index in [-0.39, 0.29) is 0 Å². The molecule has 0 atom stereocenters. The standard InChI is InChI=1S/C35H32ClN5S/c1-2-40-16-18-41(19-17-40)24-25-8-10-26(11-9-25)27-12-14-31-33(20-27)38-23-28(22-37)35(31)39-29-13-15-34(32(36)21-29)42-30-6-4-3-5-7-30/h3-15,20-21,23H,2,16-19,24H2,1H3,(H,38,39). The van der Waals surface area contributed by atoms with Crippen molar-refractivity contribution < 1.29 is 0 Å². The first-order valence-electron chi connectivity index (χ1n) is 14.3. The van der Waals surface area contributed by atoms with Gasteiger partial charge < -0.3 is 10.2 Å². The van der Waals surface area contributed by atoms with E-state index in [4.69, 9.17) is 11.6 Å². The zero-order valence-electron chi connectivity index (χ0n) is 23.6. The summed E-state index contributed by atoms with van der Waals surface area (Å²) in [5.74, 6) is 0. The number of hydrogen-bond donors (Lipinski definition) is 1. The van der Waals surface area contributed by atoms with Crippen LogP contribution in [-0.4, -0.2) is 47.5 Å². The van der Waals surface area contributed by atoms with Gasteiger partial charge in [-0.15, -0.1) is 0 Å². The van der Waals surface area contributed by atoms with Crippen LogP contribution < -0.4 is 5.32 Å². The number of nitrogens with one attached hydrogen (secondary N) is 1. The fraction of sp³-hybridized carbons (Fsp3) is 0.200. The van der Waals surface area contributed by atoms with Crippen molar-refractivity contribution in [3.05, 3.63) is 113 Å². The number of piperazine rings is 1. The van der Waals surface area contributed by atoms with Crippen LogP contribution in [0.1, 0.15) is 18.1 Å². The van der Waals surface area contributed by atoms with Crippen LogP contribution in [0.15, 0.2) is 107 Å². The molecule has 42 heavy (non-hydrogen) atoms. The SMILES string of the molecule is CCN1CCN(Cc2ccc(-c3ccc4c(Nc5ccc(Sc6ccccc6)c(Cl)c5)c(C#N)cnc4c3)cc2)CC1. The van der Waals surface area contributed by atoms with Crippen molar-refractivity contribution >= 4 is 45.6 Å². The number of aromatic nitrogens is 1. The number of fused-ring (bicyclic) bond motifs is 1. The molecule has 5 nitrogen and oxygen atoms in total. The van der Waals surface area contributed by atoms with Gasteiger partial charge in [0.25, 0.3) is 0 Å². The highest BCUT2D eigenvalue weighted by atomic mass is 35.5. The smallest absolute Gasteiger partial charge is 0.103 e. The minimum Gasteiger partial charge on any atom is -0.354 e. The number of nitrogens with zero attached hydrogens (tertiary/aromatic N) is 4.